The minimum atomic E-state index is -3.25. The van der Waals surface area contributed by atoms with E-state index in [1.165, 1.54) is 12.1 Å². The van der Waals surface area contributed by atoms with Crippen LogP contribution in [-0.2, 0) is 9.84 Å². The molecule has 0 radical (unpaired) electrons. The molecule has 0 amide bonds. The van der Waals surface area contributed by atoms with Gasteiger partial charge in [-0.3, -0.25) is 0 Å². The Morgan fingerprint density at radius 2 is 2.00 bits per heavy atom. The van der Waals surface area contributed by atoms with E-state index in [1.807, 2.05) is 13.8 Å². The molecule has 0 aliphatic carbocycles. The zero-order chi connectivity index (χ0) is 12.3. The van der Waals surface area contributed by atoms with Gasteiger partial charge in [0.25, 0.3) is 0 Å². The molecule has 1 rings (SSSR count). The average Bonchev–Trinajstić information content (AvgIpc) is 2.14. The van der Waals surface area contributed by atoms with E-state index in [4.69, 9.17) is 4.74 Å². The lowest BCUT2D eigenvalue weighted by atomic mass is 10.0. The maximum absolute atomic E-state index is 13.5. The van der Waals surface area contributed by atoms with Crippen molar-refractivity contribution in [1.82, 2.24) is 0 Å². The number of hydrogen-bond donors (Lipinski definition) is 0. The lowest BCUT2D eigenvalue weighted by Gasteiger charge is -2.09. The molecule has 0 aliphatic heterocycles. The van der Waals surface area contributed by atoms with Crippen LogP contribution in [-0.4, -0.2) is 20.6 Å². The first-order chi connectivity index (χ1) is 7.29. The van der Waals surface area contributed by atoms with E-state index in [1.54, 1.807) is 6.07 Å². The summed E-state index contributed by atoms with van der Waals surface area (Å²) >= 11 is 0. The number of benzene rings is 1. The molecule has 0 unspecified atom stereocenters. The van der Waals surface area contributed by atoms with Gasteiger partial charge in [0.05, 0.1) is 0 Å². The van der Waals surface area contributed by atoms with Gasteiger partial charge in [0.1, 0.15) is 0 Å². The first-order valence-corrected chi connectivity index (χ1v) is 6.95. The Morgan fingerprint density at radius 1 is 1.38 bits per heavy atom. The lowest BCUT2D eigenvalue weighted by Crippen LogP contribution is -2.10. The first-order valence-electron chi connectivity index (χ1n) is 4.89. The molecular formula is C11H15FO3S. The Morgan fingerprint density at radius 3 is 2.44 bits per heavy atom. The highest BCUT2D eigenvalue weighted by molar-refractivity contribution is 7.90. The Balaban J connectivity index is 2.84. The summed E-state index contributed by atoms with van der Waals surface area (Å²) in [4.78, 5) is 0. The van der Waals surface area contributed by atoms with Crippen LogP contribution in [0.3, 0.4) is 0 Å². The number of halogens is 1. The van der Waals surface area contributed by atoms with E-state index < -0.39 is 21.6 Å². The fourth-order valence-electron chi connectivity index (χ4n) is 1.16. The van der Waals surface area contributed by atoms with Gasteiger partial charge >= 0.3 is 0 Å². The summed E-state index contributed by atoms with van der Waals surface area (Å²) in [6, 6.07) is 4.55. The molecule has 0 atom stereocenters. The minimum Gasteiger partial charge on any atom is -0.475 e. The maximum atomic E-state index is 13.5. The fraction of sp³-hybridized carbons (Fsp3) is 0.455. The molecule has 5 heteroatoms. The van der Waals surface area contributed by atoms with Crippen LogP contribution in [0, 0.1) is 5.82 Å². The molecule has 0 N–H and O–H groups in total. The predicted molar refractivity (Wildman–Crippen MR) is 60.8 cm³/mol. The van der Waals surface area contributed by atoms with Gasteiger partial charge in [0.2, 0.25) is 0 Å². The molecule has 0 saturated carbocycles. The summed E-state index contributed by atoms with van der Waals surface area (Å²) < 4.78 is 40.0. The van der Waals surface area contributed by atoms with Crippen LogP contribution in [0.25, 0.3) is 0 Å². The van der Waals surface area contributed by atoms with Crippen molar-refractivity contribution in [2.24, 2.45) is 0 Å². The van der Waals surface area contributed by atoms with Crippen LogP contribution in [0.2, 0.25) is 0 Å². The van der Waals surface area contributed by atoms with Gasteiger partial charge in [0.15, 0.2) is 27.3 Å². The quantitative estimate of drug-likeness (QED) is 0.819. The molecule has 0 spiro atoms. The molecule has 16 heavy (non-hydrogen) atoms. The third-order valence-electron chi connectivity index (χ3n) is 2.05. The Kier molecular flexibility index (Phi) is 3.91. The zero-order valence-electron chi connectivity index (χ0n) is 9.53. The second-order valence-electron chi connectivity index (χ2n) is 4.03. The summed E-state index contributed by atoms with van der Waals surface area (Å²) in [7, 11) is -3.25. The SMILES string of the molecule is CC(C)c1ccc(OCS(C)(=O)=O)c(F)c1. The third-order valence-corrected chi connectivity index (χ3v) is 2.60. The highest BCUT2D eigenvalue weighted by Crippen LogP contribution is 2.22. The standard InChI is InChI=1S/C11H15FO3S/c1-8(2)9-4-5-11(10(12)6-9)15-7-16(3,13)14/h4-6,8H,7H2,1-3H3. The van der Waals surface area contributed by atoms with Gasteiger partial charge in [-0.1, -0.05) is 19.9 Å². The molecular weight excluding hydrogens is 231 g/mol. The van der Waals surface area contributed by atoms with Crippen LogP contribution in [0.4, 0.5) is 4.39 Å². The summed E-state index contributed by atoms with van der Waals surface area (Å²) in [5, 5.41) is 0. The van der Waals surface area contributed by atoms with Crippen LogP contribution in [0.15, 0.2) is 18.2 Å². The number of sulfone groups is 1. The van der Waals surface area contributed by atoms with Crippen LogP contribution >= 0.6 is 0 Å². The summed E-state index contributed by atoms with van der Waals surface area (Å²) in [6.45, 7) is 3.90. The third kappa shape index (κ3) is 3.81. The highest BCUT2D eigenvalue weighted by Gasteiger charge is 2.09. The highest BCUT2D eigenvalue weighted by atomic mass is 32.2. The number of rotatable bonds is 4. The molecule has 0 aliphatic rings. The second kappa shape index (κ2) is 4.82. The van der Waals surface area contributed by atoms with Crippen molar-refractivity contribution < 1.29 is 17.5 Å². The van der Waals surface area contributed by atoms with E-state index in [0.717, 1.165) is 11.8 Å². The van der Waals surface area contributed by atoms with Gasteiger partial charge in [-0.25, -0.2) is 12.8 Å². The van der Waals surface area contributed by atoms with Gasteiger partial charge in [0, 0.05) is 6.26 Å². The van der Waals surface area contributed by atoms with Crippen molar-refractivity contribution in [3.05, 3.63) is 29.6 Å². The molecule has 0 bridgehead atoms. The molecule has 1 aromatic carbocycles. The van der Waals surface area contributed by atoms with Gasteiger partial charge in [-0.2, -0.15) is 0 Å². The predicted octanol–water partition coefficient (Wildman–Crippen LogP) is 2.33. The monoisotopic (exact) mass is 246 g/mol. The Bertz CT molecular complexity index is 466. The van der Waals surface area contributed by atoms with E-state index >= 15 is 0 Å². The van der Waals surface area contributed by atoms with Crippen molar-refractivity contribution >= 4 is 9.84 Å². The van der Waals surface area contributed by atoms with E-state index in [-0.39, 0.29) is 11.7 Å². The zero-order valence-corrected chi connectivity index (χ0v) is 10.3. The van der Waals surface area contributed by atoms with E-state index in [0.29, 0.717) is 0 Å². The molecule has 90 valence electrons. The summed E-state index contributed by atoms with van der Waals surface area (Å²) in [6.07, 6.45) is 1.04. The van der Waals surface area contributed by atoms with Crippen LogP contribution in [0.1, 0.15) is 25.3 Å². The van der Waals surface area contributed by atoms with Gasteiger partial charge in [-0.15, -0.1) is 0 Å². The van der Waals surface area contributed by atoms with Crippen LogP contribution < -0.4 is 4.74 Å². The number of ether oxygens (including phenoxy) is 1. The van der Waals surface area contributed by atoms with Crippen LogP contribution in [0.5, 0.6) is 5.75 Å². The van der Waals surface area contributed by atoms with Crippen molar-refractivity contribution in [1.29, 1.82) is 0 Å². The molecule has 0 saturated heterocycles. The Hall–Kier alpha value is -1.10. The lowest BCUT2D eigenvalue weighted by molar-refractivity contribution is 0.355. The molecule has 0 aromatic heterocycles. The second-order valence-corrected chi connectivity index (χ2v) is 6.12. The topological polar surface area (TPSA) is 43.4 Å². The van der Waals surface area contributed by atoms with E-state index in [2.05, 4.69) is 0 Å². The number of hydrogen-bond acceptors (Lipinski definition) is 3. The summed E-state index contributed by atoms with van der Waals surface area (Å²) in [5.41, 5.74) is 0.851. The molecule has 1 aromatic rings. The Labute approximate surface area is 95.2 Å². The molecule has 0 heterocycles. The minimum absolute atomic E-state index is 0.0326. The smallest absolute Gasteiger partial charge is 0.189 e. The molecule has 3 nitrogen and oxygen atoms in total. The first kappa shape index (κ1) is 13.0. The van der Waals surface area contributed by atoms with Crippen molar-refractivity contribution in [3.63, 3.8) is 0 Å². The van der Waals surface area contributed by atoms with E-state index in [9.17, 15) is 12.8 Å². The van der Waals surface area contributed by atoms with Gasteiger partial charge in [-0.05, 0) is 23.6 Å². The summed E-state index contributed by atoms with van der Waals surface area (Å²) in [5.74, 6) is -0.853. The average molecular weight is 246 g/mol. The largest absolute Gasteiger partial charge is 0.475 e. The van der Waals surface area contributed by atoms with Crippen molar-refractivity contribution in [2.45, 2.75) is 19.8 Å². The fourth-order valence-corrected chi connectivity index (χ4v) is 1.50. The van der Waals surface area contributed by atoms with Crippen molar-refractivity contribution in [2.75, 3.05) is 12.2 Å². The van der Waals surface area contributed by atoms with Crippen molar-refractivity contribution in [3.8, 4) is 5.75 Å². The van der Waals surface area contributed by atoms with Gasteiger partial charge < -0.3 is 4.74 Å². The normalized spacial score (nSPS) is 11.8. The maximum Gasteiger partial charge on any atom is 0.189 e. The molecule has 0 fully saturated rings.